The van der Waals surface area contributed by atoms with Crippen molar-refractivity contribution >= 4 is 5.97 Å². The molecule has 8 atom stereocenters. The molecule has 3 heteroatoms. The molecule has 0 amide bonds. The molecule has 0 saturated heterocycles. The van der Waals surface area contributed by atoms with Gasteiger partial charge in [0.1, 0.15) is 0 Å². The zero-order valence-corrected chi connectivity index (χ0v) is 11.0. The van der Waals surface area contributed by atoms with E-state index >= 15 is 0 Å². The number of carbonyl (C=O) groups is 1. The molecule has 3 saturated carbocycles. The highest BCUT2D eigenvalue weighted by atomic mass is 16.4. The fourth-order valence-corrected chi connectivity index (χ4v) is 5.48. The van der Waals surface area contributed by atoms with Crippen LogP contribution in [0.5, 0.6) is 0 Å². The lowest BCUT2D eigenvalue weighted by atomic mass is 9.68. The largest absolute Gasteiger partial charge is 0.513 e. The Hall–Kier alpha value is -0.990. The first-order chi connectivity index (χ1) is 8.43. The third-order valence-electron chi connectivity index (χ3n) is 6.34. The van der Waals surface area contributed by atoms with Gasteiger partial charge in [0.2, 0.25) is 0 Å². The van der Waals surface area contributed by atoms with Crippen LogP contribution in [0.25, 0.3) is 0 Å². The van der Waals surface area contributed by atoms with Crippen molar-refractivity contribution in [3.63, 3.8) is 0 Å². The molecule has 100 valence electrons. The van der Waals surface area contributed by atoms with Gasteiger partial charge in [0.25, 0.3) is 0 Å². The molecule has 2 N–H and O–H groups in total. The number of rotatable bonds is 2. The van der Waals surface area contributed by atoms with E-state index in [9.17, 15) is 15.0 Å². The average molecular weight is 250 g/mol. The zero-order valence-electron chi connectivity index (χ0n) is 11.0. The van der Waals surface area contributed by atoms with E-state index in [0.717, 1.165) is 6.42 Å². The highest BCUT2D eigenvalue weighted by molar-refractivity contribution is 5.71. The van der Waals surface area contributed by atoms with Crippen LogP contribution in [0.1, 0.15) is 26.7 Å². The minimum Gasteiger partial charge on any atom is -0.513 e. The lowest BCUT2D eigenvalue weighted by Gasteiger charge is -2.36. The molecule has 3 fully saturated rings. The van der Waals surface area contributed by atoms with Crippen LogP contribution < -0.4 is 0 Å². The third-order valence-corrected chi connectivity index (χ3v) is 6.34. The molecular weight excluding hydrogens is 228 g/mol. The predicted octanol–water partition coefficient (Wildman–Crippen LogP) is 2.93. The number of carboxylic acid groups (broad SMARTS) is 1. The second kappa shape index (κ2) is 3.75. The first kappa shape index (κ1) is 12.1. The smallest absolute Gasteiger partial charge is 0.307 e. The Kier molecular flexibility index (Phi) is 2.51. The minimum absolute atomic E-state index is 0.0994. The maximum atomic E-state index is 11.4. The van der Waals surface area contributed by atoms with Gasteiger partial charge in [0, 0.05) is 5.92 Å². The van der Waals surface area contributed by atoms with Crippen molar-refractivity contribution in [1.29, 1.82) is 0 Å². The van der Waals surface area contributed by atoms with E-state index in [-0.39, 0.29) is 11.7 Å². The van der Waals surface area contributed by atoms with Crippen molar-refractivity contribution in [2.75, 3.05) is 0 Å². The molecule has 2 bridgehead atoms. The molecule has 0 radical (unpaired) electrons. The molecular formula is C15H22O3. The van der Waals surface area contributed by atoms with E-state index in [1.165, 1.54) is 6.42 Å². The van der Waals surface area contributed by atoms with Crippen LogP contribution in [0.15, 0.2) is 12.3 Å². The standard InChI is InChI=1S/C15H22O3/c1-6-7(2)10-4-9(6)11-5-12(15(17)18)13(8(3)16)14(10)11/h6-7,9-14,16H,3-5H2,1-2H3,(H,17,18). The van der Waals surface area contributed by atoms with E-state index in [0.29, 0.717) is 35.5 Å². The molecule has 0 aromatic rings. The van der Waals surface area contributed by atoms with E-state index in [1.807, 2.05) is 0 Å². The summed E-state index contributed by atoms with van der Waals surface area (Å²) in [5, 5.41) is 19.2. The monoisotopic (exact) mass is 250 g/mol. The Morgan fingerprint density at radius 2 is 1.67 bits per heavy atom. The molecule has 0 aliphatic heterocycles. The summed E-state index contributed by atoms with van der Waals surface area (Å²) in [4.78, 5) is 11.4. The maximum absolute atomic E-state index is 11.4. The quantitative estimate of drug-likeness (QED) is 0.741. The number of fused-ring (bicyclic) bond motifs is 5. The number of hydrogen-bond donors (Lipinski definition) is 2. The Morgan fingerprint density at radius 1 is 1.06 bits per heavy atom. The average Bonchev–Trinajstić information content (AvgIpc) is 2.88. The van der Waals surface area contributed by atoms with Gasteiger partial charge >= 0.3 is 5.97 Å². The molecule has 18 heavy (non-hydrogen) atoms. The summed E-state index contributed by atoms with van der Waals surface area (Å²) in [7, 11) is 0. The van der Waals surface area contributed by atoms with Gasteiger partial charge in [-0.3, -0.25) is 4.79 Å². The fourth-order valence-electron chi connectivity index (χ4n) is 5.48. The summed E-state index contributed by atoms with van der Waals surface area (Å²) in [6.45, 7) is 8.25. The summed E-state index contributed by atoms with van der Waals surface area (Å²) in [5.41, 5.74) is 0. The van der Waals surface area contributed by atoms with Crippen molar-refractivity contribution in [2.45, 2.75) is 26.7 Å². The number of allylic oxidation sites excluding steroid dienone is 1. The van der Waals surface area contributed by atoms with Gasteiger partial charge in [0.15, 0.2) is 0 Å². The second-order valence-corrected chi connectivity index (χ2v) is 6.72. The van der Waals surface area contributed by atoms with Crippen LogP contribution in [-0.2, 0) is 4.79 Å². The summed E-state index contributed by atoms with van der Waals surface area (Å²) in [5.74, 6) is 2.19. The summed E-state index contributed by atoms with van der Waals surface area (Å²) in [6, 6.07) is 0. The lowest BCUT2D eigenvalue weighted by molar-refractivity contribution is -0.143. The van der Waals surface area contributed by atoms with Crippen molar-refractivity contribution in [1.82, 2.24) is 0 Å². The minimum atomic E-state index is -0.760. The Morgan fingerprint density at radius 3 is 2.22 bits per heavy atom. The van der Waals surface area contributed by atoms with Gasteiger partial charge in [-0.15, -0.1) is 0 Å². The number of aliphatic carboxylic acids is 1. The topological polar surface area (TPSA) is 57.5 Å². The van der Waals surface area contributed by atoms with E-state index < -0.39 is 11.9 Å². The van der Waals surface area contributed by atoms with Gasteiger partial charge in [0.05, 0.1) is 11.7 Å². The van der Waals surface area contributed by atoms with E-state index in [1.54, 1.807) is 0 Å². The number of aliphatic hydroxyl groups is 1. The normalized spacial score (nSPS) is 53.4. The Balaban J connectivity index is 1.95. The molecule has 3 rings (SSSR count). The first-order valence-electron chi connectivity index (χ1n) is 7.04. The SMILES string of the molecule is C=C(O)C1C(C(=O)O)CC2C3CC(C(C)C3C)C21. The molecule has 3 aliphatic carbocycles. The fraction of sp³-hybridized carbons (Fsp3) is 0.800. The van der Waals surface area contributed by atoms with Crippen LogP contribution in [0, 0.1) is 47.3 Å². The van der Waals surface area contributed by atoms with Crippen LogP contribution in [0.4, 0.5) is 0 Å². The zero-order chi connectivity index (χ0) is 13.2. The molecule has 8 unspecified atom stereocenters. The van der Waals surface area contributed by atoms with Crippen LogP contribution >= 0.6 is 0 Å². The van der Waals surface area contributed by atoms with Gasteiger partial charge in [-0.25, -0.2) is 0 Å². The van der Waals surface area contributed by atoms with Crippen LogP contribution in [-0.4, -0.2) is 16.2 Å². The van der Waals surface area contributed by atoms with Gasteiger partial charge in [-0.2, -0.15) is 0 Å². The lowest BCUT2D eigenvalue weighted by Crippen LogP contribution is -2.33. The Bertz CT molecular complexity index is 403. The van der Waals surface area contributed by atoms with Gasteiger partial charge in [-0.1, -0.05) is 20.4 Å². The van der Waals surface area contributed by atoms with Crippen LogP contribution in [0.3, 0.4) is 0 Å². The predicted molar refractivity (Wildman–Crippen MR) is 67.9 cm³/mol. The summed E-state index contributed by atoms with van der Waals surface area (Å²) < 4.78 is 0. The van der Waals surface area contributed by atoms with Gasteiger partial charge in [-0.05, 0) is 48.3 Å². The third kappa shape index (κ3) is 1.33. The molecule has 3 aliphatic rings. The molecule has 0 spiro atoms. The number of carboxylic acids is 1. The highest BCUT2D eigenvalue weighted by Crippen LogP contribution is 2.66. The second-order valence-electron chi connectivity index (χ2n) is 6.72. The summed E-state index contributed by atoms with van der Waals surface area (Å²) >= 11 is 0. The number of hydrogen-bond acceptors (Lipinski definition) is 2. The molecule has 0 heterocycles. The van der Waals surface area contributed by atoms with Crippen LogP contribution in [0.2, 0.25) is 0 Å². The Labute approximate surface area is 108 Å². The highest BCUT2D eigenvalue weighted by Gasteiger charge is 2.63. The van der Waals surface area contributed by atoms with Crippen molar-refractivity contribution < 1.29 is 15.0 Å². The molecule has 0 aromatic carbocycles. The van der Waals surface area contributed by atoms with Crippen molar-refractivity contribution in [3.8, 4) is 0 Å². The van der Waals surface area contributed by atoms with E-state index in [4.69, 9.17) is 0 Å². The first-order valence-corrected chi connectivity index (χ1v) is 7.04. The van der Waals surface area contributed by atoms with Crippen molar-refractivity contribution in [3.05, 3.63) is 12.3 Å². The van der Waals surface area contributed by atoms with E-state index in [2.05, 4.69) is 20.4 Å². The van der Waals surface area contributed by atoms with Gasteiger partial charge < -0.3 is 10.2 Å². The number of aliphatic hydroxyl groups excluding tert-OH is 1. The summed E-state index contributed by atoms with van der Waals surface area (Å²) in [6.07, 6.45) is 1.97. The molecule has 0 aromatic heterocycles. The maximum Gasteiger partial charge on any atom is 0.307 e. The molecule has 3 nitrogen and oxygen atoms in total. The van der Waals surface area contributed by atoms with Crippen molar-refractivity contribution in [2.24, 2.45) is 47.3 Å².